The quantitative estimate of drug-likeness (QED) is 0.279. The Hall–Kier alpha value is -3.36. The monoisotopic (exact) mass is 465 g/mol. The summed E-state index contributed by atoms with van der Waals surface area (Å²) >= 11 is 0.871. The SMILES string of the molecule is Cc1ccc(S(=O)(=O)OCCn2nnnc2Sc2ccc([N+](=O)[O-])cc2C(=O)O)cc1. The average Bonchev–Trinajstić information content (AvgIpc) is 3.15. The van der Waals surface area contributed by atoms with Gasteiger partial charge in [0.05, 0.1) is 28.5 Å². The van der Waals surface area contributed by atoms with Crippen molar-refractivity contribution < 1.29 is 27.4 Å². The van der Waals surface area contributed by atoms with Gasteiger partial charge in [-0.2, -0.15) is 8.42 Å². The smallest absolute Gasteiger partial charge is 0.337 e. The molecule has 162 valence electrons. The average molecular weight is 465 g/mol. The summed E-state index contributed by atoms with van der Waals surface area (Å²) in [5.74, 6) is -1.35. The number of aryl methyl sites for hydroxylation is 1. The maximum Gasteiger partial charge on any atom is 0.337 e. The van der Waals surface area contributed by atoms with Crippen LogP contribution in [0.1, 0.15) is 15.9 Å². The Morgan fingerprint density at radius 3 is 2.61 bits per heavy atom. The van der Waals surface area contributed by atoms with Gasteiger partial charge in [-0.3, -0.25) is 14.3 Å². The number of hydrogen-bond acceptors (Lipinski definition) is 10. The zero-order valence-corrected chi connectivity index (χ0v) is 17.5. The van der Waals surface area contributed by atoms with Crippen molar-refractivity contribution in [2.75, 3.05) is 6.61 Å². The van der Waals surface area contributed by atoms with Crippen molar-refractivity contribution in [2.24, 2.45) is 0 Å². The maximum absolute atomic E-state index is 12.2. The normalized spacial score (nSPS) is 11.4. The molecule has 1 heterocycles. The van der Waals surface area contributed by atoms with Gasteiger partial charge in [0, 0.05) is 17.0 Å². The molecule has 0 aliphatic heterocycles. The molecular formula is C17H15N5O7S2. The van der Waals surface area contributed by atoms with E-state index in [2.05, 4.69) is 15.5 Å². The number of hydrogen-bond donors (Lipinski definition) is 1. The number of carboxylic acids is 1. The Balaban J connectivity index is 1.71. The largest absolute Gasteiger partial charge is 0.478 e. The second kappa shape index (κ2) is 9.20. The standard InChI is InChI=1S/C17H15N5O7S2/c1-11-2-5-13(6-3-11)31(27,28)29-9-8-21-17(18-19-20-21)30-15-7-4-12(22(25)26)10-14(15)16(23)24/h2-7,10H,8-9H2,1H3,(H,23,24). The Kier molecular flexibility index (Phi) is 6.62. The van der Waals surface area contributed by atoms with Crippen LogP contribution in [0.2, 0.25) is 0 Å². The van der Waals surface area contributed by atoms with E-state index in [0.717, 1.165) is 23.4 Å². The first kappa shape index (κ1) is 22.3. The van der Waals surface area contributed by atoms with Gasteiger partial charge in [0.2, 0.25) is 5.16 Å². The molecule has 31 heavy (non-hydrogen) atoms. The summed E-state index contributed by atoms with van der Waals surface area (Å²) in [5, 5.41) is 31.4. The molecule has 14 heteroatoms. The van der Waals surface area contributed by atoms with Gasteiger partial charge >= 0.3 is 5.97 Å². The Labute approximate surface area is 180 Å². The first-order valence-corrected chi connectivity index (χ1v) is 10.8. The fraction of sp³-hybridized carbons (Fsp3) is 0.176. The van der Waals surface area contributed by atoms with Crippen LogP contribution < -0.4 is 0 Å². The van der Waals surface area contributed by atoms with Crippen LogP contribution >= 0.6 is 11.8 Å². The van der Waals surface area contributed by atoms with Crippen LogP contribution in [-0.4, -0.2) is 51.2 Å². The van der Waals surface area contributed by atoms with E-state index in [1.54, 1.807) is 12.1 Å². The number of nitro groups is 1. The Morgan fingerprint density at radius 2 is 1.97 bits per heavy atom. The summed E-state index contributed by atoms with van der Waals surface area (Å²) in [7, 11) is -3.96. The number of tetrazole rings is 1. The fourth-order valence-electron chi connectivity index (χ4n) is 2.40. The summed E-state index contributed by atoms with van der Waals surface area (Å²) in [6, 6.07) is 9.56. The highest BCUT2D eigenvalue weighted by Gasteiger charge is 2.20. The van der Waals surface area contributed by atoms with Crippen LogP contribution in [0.3, 0.4) is 0 Å². The van der Waals surface area contributed by atoms with E-state index in [4.69, 9.17) is 4.18 Å². The summed E-state index contributed by atoms with van der Waals surface area (Å²) in [6.07, 6.45) is 0. The molecule has 0 spiro atoms. The molecule has 0 atom stereocenters. The lowest BCUT2D eigenvalue weighted by atomic mass is 10.2. The second-order valence-electron chi connectivity index (χ2n) is 6.12. The second-order valence-corrected chi connectivity index (χ2v) is 8.74. The number of non-ortho nitro benzene ring substituents is 1. The maximum atomic E-state index is 12.2. The third-order valence-electron chi connectivity index (χ3n) is 3.96. The first-order chi connectivity index (χ1) is 14.7. The minimum Gasteiger partial charge on any atom is -0.478 e. The molecule has 12 nitrogen and oxygen atoms in total. The molecule has 0 aliphatic carbocycles. The van der Waals surface area contributed by atoms with Crippen LogP contribution in [0, 0.1) is 17.0 Å². The van der Waals surface area contributed by atoms with Gasteiger partial charge in [0.1, 0.15) is 0 Å². The Morgan fingerprint density at radius 1 is 1.26 bits per heavy atom. The van der Waals surface area contributed by atoms with E-state index in [1.807, 2.05) is 6.92 Å². The van der Waals surface area contributed by atoms with Crippen molar-refractivity contribution in [1.82, 2.24) is 20.2 Å². The summed E-state index contributed by atoms with van der Waals surface area (Å²) in [4.78, 5) is 21.9. The van der Waals surface area contributed by atoms with Crippen molar-refractivity contribution in [2.45, 2.75) is 28.4 Å². The number of nitro benzene ring substituents is 1. The molecule has 1 aromatic heterocycles. The van der Waals surface area contributed by atoms with Crippen molar-refractivity contribution in [3.63, 3.8) is 0 Å². The predicted octanol–water partition coefficient (Wildman–Crippen LogP) is 2.14. The minimum absolute atomic E-state index is 0.0152. The molecule has 0 radical (unpaired) electrons. The fourth-order valence-corrected chi connectivity index (χ4v) is 4.20. The van der Waals surface area contributed by atoms with E-state index in [-0.39, 0.29) is 39.3 Å². The first-order valence-electron chi connectivity index (χ1n) is 8.59. The lowest BCUT2D eigenvalue weighted by Gasteiger charge is -2.08. The molecule has 0 fully saturated rings. The Bertz CT molecular complexity index is 1230. The molecule has 3 rings (SSSR count). The highest BCUT2D eigenvalue weighted by atomic mass is 32.2. The lowest BCUT2D eigenvalue weighted by Crippen LogP contribution is -2.14. The highest BCUT2D eigenvalue weighted by Crippen LogP contribution is 2.31. The van der Waals surface area contributed by atoms with Gasteiger partial charge in [0.15, 0.2) is 0 Å². The molecule has 0 aliphatic rings. The van der Waals surface area contributed by atoms with Gasteiger partial charge < -0.3 is 5.11 Å². The van der Waals surface area contributed by atoms with Crippen molar-refractivity contribution in [1.29, 1.82) is 0 Å². The number of nitrogens with zero attached hydrogens (tertiary/aromatic N) is 5. The number of carbonyl (C=O) groups is 1. The topological polar surface area (TPSA) is 167 Å². The van der Waals surface area contributed by atoms with Crippen LogP contribution in [0.25, 0.3) is 0 Å². The van der Waals surface area contributed by atoms with Gasteiger partial charge in [-0.15, -0.1) is 5.10 Å². The number of aromatic nitrogens is 4. The van der Waals surface area contributed by atoms with E-state index in [9.17, 15) is 28.4 Å². The van der Waals surface area contributed by atoms with E-state index >= 15 is 0 Å². The highest BCUT2D eigenvalue weighted by molar-refractivity contribution is 7.99. The molecular weight excluding hydrogens is 450 g/mol. The van der Waals surface area contributed by atoms with Crippen LogP contribution in [0.4, 0.5) is 5.69 Å². The number of rotatable bonds is 9. The third kappa shape index (κ3) is 5.42. The molecule has 0 unspecified atom stereocenters. The molecule has 0 bridgehead atoms. The molecule has 2 aromatic carbocycles. The summed E-state index contributed by atoms with van der Waals surface area (Å²) < 4.78 is 30.7. The minimum atomic E-state index is -3.96. The molecule has 3 aromatic rings. The van der Waals surface area contributed by atoms with Crippen LogP contribution in [0.15, 0.2) is 57.4 Å². The lowest BCUT2D eigenvalue weighted by molar-refractivity contribution is -0.384. The molecule has 0 saturated carbocycles. The van der Waals surface area contributed by atoms with Crippen LogP contribution in [-0.2, 0) is 20.8 Å². The molecule has 0 amide bonds. The van der Waals surface area contributed by atoms with Crippen molar-refractivity contribution >= 4 is 33.5 Å². The van der Waals surface area contributed by atoms with E-state index in [0.29, 0.717) is 0 Å². The van der Waals surface area contributed by atoms with Gasteiger partial charge in [0.25, 0.3) is 15.8 Å². The zero-order chi connectivity index (χ0) is 22.6. The third-order valence-corrected chi connectivity index (χ3v) is 6.33. The summed E-state index contributed by atoms with van der Waals surface area (Å²) in [6.45, 7) is 1.53. The zero-order valence-electron chi connectivity index (χ0n) is 15.9. The van der Waals surface area contributed by atoms with E-state index < -0.39 is 21.0 Å². The molecule has 0 saturated heterocycles. The number of aromatic carboxylic acids is 1. The predicted molar refractivity (Wildman–Crippen MR) is 106 cm³/mol. The number of carboxylic acid groups (broad SMARTS) is 1. The van der Waals surface area contributed by atoms with Gasteiger partial charge in [-0.1, -0.05) is 17.7 Å². The number of benzene rings is 2. The van der Waals surface area contributed by atoms with Gasteiger partial charge in [-0.25, -0.2) is 9.48 Å². The van der Waals surface area contributed by atoms with Crippen molar-refractivity contribution in [3.05, 3.63) is 63.7 Å². The van der Waals surface area contributed by atoms with Crippen molar-refractivity contribution in [3.8, 4) is 0 Å². The molecule has 1 N–H and O–H groups in total. The van der Waals surface area contributed by atoms with Gasteiger partial charge in [-0.05, 0) is 47.3 Å². The van der Waals surface area contributed by atoms with E-state index in [1.165, 1.54) is 28.9 Å². The van der Waals surface area contributed by atoms with Crippen LogP contribution in [0.5, 0.6) is 0 Å². The summed E-state index contributed by atoms with van der Waals surface area (Å²) in [5.41, 5.74) is 0.254.